The van der Waals surface area contributed by atoms with Gasteiger partial charge >= 0.3 is 8.80 Å². The molecule has 0 bridgehead atoms. The van der Waals surface area contributed by atoms with Gasteiger partial charge < -0.3 is 19.0 Å². The first-order valence-corrected chi connectivity index (χ1v) is 8.54. The second kappa shape index (κ2) is 8.20. The molecule has 0 unspecified atom stereocenters. The predicted octanol–water partition coefficient (Wildman–Crippen LogP) is 0.694. The molecule has 1 rings (SSSR count). The molecular formula is C10H23N5O3Si. The van der Waals surface area contributed by atoms with Crippen molar-refractivity contribution in [3.63, 3.8) is 0 Å². The van der Waals surface area contributed by atoms with Gasteiger partial charge in [0.1, 0.15) is 0 Å². The molecule has 0 spiro atoms. The third kappa shape index (κ3) is 4.86. The van der Waals surface area contributed by atoms with Gasteiger partial charge in [-0.05, 0) is 37.6 Å². The van der Waals surface area contributed by atoms with Crippen molar-refractivity contribution in [3.8, 4) is 0 Å². The van der Waals surface area contributed by atoms with Crippen molar-refractivity contribution in [2.45, 2.75) is 39.8 Å². The highest BCUT2D eigenvalue weighted by atomic mass is 28.4. The summed E-state index contributed by atoms with van der Waals surface area (Å²) in [5.74, 6) is 0.316. The quantitative estimate of drug-likeness (QED) is 0.633. The fourth-order valence-electron chi connectivity index (χ4n) is 1.82. The molecule has 0 aromatic carbocycles. The van der Waals surface area contributed by atoms with Crippen LogP contribution in [-0.4, -0.2) is 48.8 Å². The highest BCUT2D eigenvalue weighted by Crippen LogP contribution is 2.18. The van der Waals surface area contributed by atoms with Crippen LogP contribution in [0.3, 0.4) is 0 Å². The Morgan fingerprint density at radius 2 is 1.68 bits per heavy atom. The minimum atomic E-state index is -2.57. The minimum Gasteiger partial charge on any atom is -0.374 e. The lowest BCUT2D eigenvalue weighted by molar-refractivity contribution is 0.0704. The number of anilines is 1. The molecule has 0 aliphatic carbocycles. The number of nitrogens with zero attached hydrogens (tertiary/aromatic N) is 4. The number of nitrogens with two attached hydrogens (primary N) is 1. The molecule has 8 nitrogen and oxygen atoms in total. The first kappa shape index (κ1) is 16.0. The Morgan fingerprint density at radius 3 is 2.11 bits per heavy atom. The summed E-state index contributed by atoms with van der Waals surface area (Å²) in [4.78, 5) is 0. The molecule has 0 saturated carbocycles. The van der Waals surface area contributed by atoms with Gasteiger partial charge in [0.05, 0.1) is 0 Å². The van der Waals surface area contributed by atoms with Crippen molar-refractivity contribution in [1.29, 1.82) is 0 Å². The van der Waals surface area contributed by atoms with Crippen molar-refractivity contribution in [1.82, 2.24) is 20.2 Å². The molecule has 0 atom stereocenters. The van der Waals surface area contributed by atoms with Crippen LogP contribution >= 0.6 is 0 Å². The van der Waals surface area contributed by atoms with Crippen LogP contribution in [0.2, 0.25) is 6.04 Å². The summed E-state index contributed by atoms with van der Waals surface area (Å²) < 4.78 is 18.8. The van der Waals surface area contributed by atoms with Crippen LogP contribution in [0.5, 0.6) is 0 Å². The summed E-state index contributed by atoms with van der Waals surface area (Å²) in [7, 11) is -2.57. The summed E-state index contributed by atoms with van der Waals surface area (Å²) in [6.45, 7) is 8.20. The number of aromatic nitrogens is 4. The van der Waals surface area contributed by atoms with Crippen molar-refractivity contribution >= 4 is 14.8 Å². The highest BCUT2D eigenvalue weighted by Gasteiger charge is 2.39. The Morgan fingerprint density at radius 1 is 1.11 bits per heavy atom. The van der Waals surface area contributed by atoms with E-state index in [-0.39, 0.29) is 0 Å². The van der Waals surface area contributed by atoms with Gasteiger partial charge in [0.25, 0.3) is 0 Å². The van der Waals surface area contributed by atoms with Gasteiger partial charge in [-0.2, -0.15) is 0 Å². The van der Waals surface area contributed by atoms with Gasteiger partial charge in [0.2, 0.25) is 5.95 Å². The first-order valence-electron chi connectivity index (χ1n) is 6.61. The van der Waals surface area contributed by atoms with Crippen LogP contribution in [0.25, 0.3) is 0 Å². The number of rotatable bonds is 10. The van der Waals surface area contributed by atoms with Crippen LogP contribution in [-0.2, 0) is 19.8 Å². The Kier molecular flexibility index (Phi) is 6.92. The molecule has 1 aromatic rings. The van der Waals surface area contributed by atoms with Crippen molar-refractivity contribution in [2.75, 3.05) is 25.6 Å². The Bertz CT molecular complexity index is 346. The van der Waals surface area contributed by atoms with Gasteiger partial charge in [-0.3, -0.25) is 0 Å². The lowest BCUT2D eigenvalue weighted by atomic mass is 10.5. The Hall–Kier alpha value is -1.03. The summed E-state index contributed by atoms with van der Waals surface area (Å²) >= 11 is 0. The zero-order valence-corrected chi connectivity index (χ0v) is 12.8. The van der Waals surface area contributed by atoms with Crippen LogP contribution < -0.4 is 5.73 Å². The summed E-state index contributed by atoms with van der Waals surface area (Å²) in [6, 6.07) is 0.724. The largest absolute Gasteiger partial charge is 0.500 e. The van der Waals surface area contributed by atoms with E-state index in [0.29, 0.717) is 32.3 Å². The summed E-state index contributed by atoms with van der Waals surface area (Å²) in [5, 5.41) is 10.9. The van der Waals surface area contributed by atoms with E-state index in [9.17, 15) is 0 Å². The number of hydrogen-bond acceptors (Lipinski definition) is 7. The van der Waals surface area contributed by atoms with Gasteiger partial charge in [0, 0.05) is 32.4 Å². The molecule has 19 heavy (non-hydrogen) atoms. The molecule has 110 valence electrons. The summed E-state index contributed by atoms with van der Waals surface area (Å²) in [6.07, 6.45) is 0.793. The smallest absolute Gasteiger partial charge is 0.374 e. The lowest BCUT2D eigenvalue weighted by Gasteiger charge is -2.28. The summed E-state index contributed by atoms with van der Waals surface area (Å²) in [5.41, 5.74) is 5.61. The average Bonchev–Trinajstić information content (AvgIpc) is 2.76. The maximum Gasteiger partial charge on any atom is 0.500 e. The zero-order valence-electron chi connectivity index (χ0n) is 11.8. The van der Waals surface area contributed by atoms with Gasteiger partial charge in [0.15, 0.2) is 0 Å². The van der Waals surface area contributed by atoms with E-state index in [1.165, 1.54) is 0 Å². The lowest BCUT2D eigenvalue weighted by Crippen LogP contribution is -2.46. The normalized spacial score (nSPS) is 11.9. The molecule has 1 aromatic heterocycles. The maximum absolute atomic E-state index is 5.76. The van der Waals surface area contributed by atoms with E-state index >= 15 is 0 Å². The van der Waals surface area contributed by atoms with E-state index in [1.807, 2.05) is 20.8 Å². The van der Waals surface area contributed by atoms with Gasteiger partial charge in [-0.15, -0.1) is 0 Å². The van der Waals surface area contributed by atoms with Crippen molar-refractivity contribution in [2.24, 2.45) is 0 Å². The second-order valence-corrected chi connectivity index (χ2v) is 6.58. The van der Waals surface area contributed by atoms with E-state index in [2.05, 4.69) is 15.5 Å². The number of tetrazole rings is 1. The fourth-order valence-corrected chi connectivity index (χ4v) is 4.41. The van der Waals surface area contributed by atoms with Crippen LogP contribution in [0.4, 0.5) is 5.95 Å². The van der Waals surface area contributed by atoms with E-state index in [1.54, 1.807) is 4.68 Å². The average molecular weight is 289 g/mol. The van der Waals surface area contributed by atoms with Crippen LogP contribution in [0, 0.1) is 0 Å². The molecule has 2 N–H and O–H groups in total. The number of aryl methyl sites for hydroxylation is 1. The number of nitrogen functional groups attached to an aromatic ring is 1. The molecule has 0 radical (unpaired) electrons. The van der Waals surface area contributed by atoms with E-state index in [0.717, 1.165) is 12.5 Å². The minimum absolute atomic E-state index is 0.316. The molecule has 1 heterocycles. The second-order valence-electron chi connectivity index (χ2n) is 3.85. The molecular weight excluding hydrogens is 266 g/mol. The zero-order chi connectivity index (χ0) is 14.1. The van der Waals surface area contributed by atoms with Crippen LogP contribution in [0.15, 0.2) is 0 Å². The Labute approximate surface area is 114 Å². The molecule has 9 heteroatoms. The topological polar surface area (TPSA) is 97.3 Å². The third-order valence-electron chi connectivity index (χ3n) is 2.51. The van der Waals surface area contributed by atoms with E-state index in [4.69, 9.17) is 19.0 Å². The van der Waals surface area contributed by atoms with Gasteiger partial charge in [-0.1, -0.05) is 5.10 Å². The van der Waals surface area contributed by atoms with E-state index < -0.39 is 8.80 Å². The molecule has 0 amide bonds. The molecule has 0 aliphatic heterocycles. The monoisotopic (exact) mass is 289 g/mol. The SMILES string of the molecule is CCO[Si](CCCn1nnnc1N)(OCC)OCC. The maximum atomic E-state index is 5.76. The van der Waals surface area contributed by atoms with Gasteiger partial charge in [-0.25, -0.2) is 4.68 Å². The first-order chi connectivity index (χ1) is 9.17. The van der Waals surface area contributed by atoms with Crippen molar-refractivity contribution < 1.29 is 13.3 Å². The molecule has 0 aliphatic rings. The molecule has 0 fully saturated rings. The third-order valence-corrected chi connectivity index (χ3v) is 5.66. The highest BCUT2D eigenvalue weighted by molar-refractivity contribution is 6.60. The van der Waals surface area contributed by atoms with Crippen LogP contribution in [0.1, 0.15) is 27.2 Å². The van der Waals surface area contributed by atoms with Crippen molar-refractivity contribution in [3.05, 3.63) is 0 Å². The Balaban J connectivity index is 2.53. The number of hydrogen-bond donors (Lipinski definition) is 1. The standard InChI is InChI=1S/C10H23N5O3Si/c1-4-16-19(17-5-2,18-6-3)9-7-8-15-10(11)12-13-14-15/h4-9H2,1-3H3,(H2,11,12,14). The predicted molar refractivity (Wildman–Crippen MR) is 72.3 cm³/mol. The molecule has 0 saturated heterocycles. The fraction of sp³-hybridized carbons (Fsp3) is 0.900.